The molecule has 3 aromatic rings. The number of benzene rings is 3. The smallest absolute Gasteiger partial charge is 0.299 e. The molecule has 2 aliphatic heterocycles. The minimum atomic E-state index is -3.84. The molecule has 0 bridgehead atoms. The minimum Gasteiger partial charge on any atom is -0.497 e. The molecule has 3 aromatic carbocycles. The third-order valence-corrected chi connectivity index (χ3v) is 8.27. The molecule has 0 saturated carbocycles. The van der Waals surface area contributed by atoms with Crippen LogP contribution in [0.25, 0.3) is 0 Å². The molecule has 180 valence electrons. The number of rotatable bonds is 8. The molecule has 0 N–H and O–H groups in total. The average Bonchev–Trinajstić information content (AvgIpc) is 3.08. The summed E-state index contributed by atoms with van der Waals surface area (Å²) < 4.78 is 38.9. The Morgan fingerprint density at radius 2 is 1.69 bits per heavy atom. The zero-order valence-corrected chi connectivity index (χ0v) is 19.9. The fraction of sp³-hybridized carbons (Fsp3) is 0.231. The van der Waals surface area contributed by atoms with Crippen LogP contribution in [0.3, 0.4) is 0 Å². The van der Waals surface area contributed by atoms with Crippen molar-refractivity contribution in [3.05, 3.63) is 83.9 Å². The van der Waals surface area contributed by atoms with Gasteiger partial charge in [0.1, 0.15) is 18.1 Å². The van der Waals surface area contributed by atoms with Crippen LogP contribution in [0, 0.1) is 0 Å². The van der Waals surface area contributed by atoms with E-state index in [0.29, 0.717) is 30.2 Å². The van der Waals surface area contributed by atoms with Gasteiger partial charge in [-0.2, -0.15) is 4.31 Å². The van der Waals surface area contributed by atoms with E-state index in [1.165, 1.54) is 27.4 Å². The van der Waals surface area contributed by atoms with Crippen molar-refractivity contribution in [2.24, 2.45) is 0 Å². The quantitative estimate of drug-likeness (QED) is 0.448. The third-order valence-electron chi connectivity index (χ3n) is 6.32. The monoisotopic (exact) mass is 492 g/mol. The molecule has 0 radical (unpaired) electrons. The Hall–Kier alpha value is -3.69. The van der Waals surface area contributed by atoms with Gasteiger partial charge in [-0.15, -0.1) is 0 Å². The Morgan fingerprint density at radius 3 is 2.34 bits per heavy atom. The number of hydrogen-bond acceptors (Lipinski definition) is 6. The Labute approximate surface area is 203 Å². The van der Waals surface area contributed by atoms with Crippen LogP contribution in [0.15, 0.2) is 77.7 Å². The van der Waals surface area contributed by atoms with Crippen molar-refractivity contribution in [2.45, 2.75) is 23.9 Å². The van der Waals surface area contributed by atoms with E-state index in [2.05, 4.69) is 0 Å². The Bertz CT molecular complexity index is 1370. The van der Waals surface area contributed by atoms with Crippen LogP contribution in [-0.2, 0) is 21.4 Å². The second-order valence-corrected chi connectivity index (χ2v) is 10.3. The van der Waals surface area contributed by atoms with Crippen LogP contribution in [-0.4, -0.2) is 50.7 Å². The van der Waals surface area contributed by atoms with Gasteiger partial charge in [-0.3, -0.25) is 9.59 Å². The maximum atomic E-state index is 13.3. The second-order valence-electron chi connectivity index (χ2n) is 8.43. The van der Waals surface area contributed by atoms with Crippen LogP contribution in [0.4, 0.5) is 5.69 Å². The Balaban J connectivity index is 1.34. The van der Waals surface area contributed by atoms with Gasteiger partial charge in [0, 0.05) is 6.54 Å². The lowest BCUT2D eigenvalue weighted by Gasteiger charge is -2.39. The van der Waals surface area contributed by atoms with E-state index in [-0.39, 0.29) is 29.7 Å². The molecule has 0 aliphatic carbocycles. The summed E-state index contributed by atoms with van der Waals surface area (Å²) in [6.07, 6.45) is 0.685. The van der Waals surface area contributed by atoms with Crippen LogP contribution in [0.1, 0.15) is 22.3 Å². The number of fused-ring (bicyclic) bond motifs is 1. The topological polar surface area (TPSA) is 93.2 Å². The van der Waals surface area contributed by atoms with Gasteiger partial charge in [-0.25, -0.2) is 8.42 Å². The molecule has 1 saturated heterocycles. The largest absolute Gasteiger partial charge is 0.497 e. The van der Waals surface area contributed by atoms with Crippen molar-refractivity contribution in [2.75, 3.05) is 25.2 Å². The predicted octanol–water partition coefficient (Wildman–Crippen LogP) is 3.27. The lowest BCUT2D eigenvalue weighted by atomic mass is 10.1. The number of carbonyl (C=O) groups excluding carboxylic acids is 2. The molecule has 1 fully saturated rings. The van der Waals surface area contributed by atoms with Crippen molar-refractivity contribution in [3.63, 3.8) is 0 Å². The fourth-order valence-corrected chi connectivity index (χ4v) is 5.94. The third kappa shape index (κ3) is 4.28. The molecule has 1 atom stereocenters. The molecule has 1 amide bonds. The van der Waals surface area contributed by atoms with E-state index in [1.54, 1.807) is 19.2 Å². The first kappa shape index (κ1) is 23.1. The summed E-state index contributed by atoms with van der Waals surface area (Å²) in [5.41, 5.74) is 1.32. The summed E-state index contributed by atoms with van der Waals surface area (Å²) in [5.74, 6) is -0.0248. The highest BCUT2D eigenvalue weighted by atomic mass is 32.2. The van der Waals surface area contributed by atoms with Gasteiger partial charge in [-0.1, -0.05) is 30.3 Å². The Morgan fingerprint density at radius 1 is 0.943 bits per heavy atom. The zero-order chi connectivity index (χ0) is 24.6. The van der Waals surface area contributed by atoms with E-state index in [4.69, 9.17) is 9.47 Å². The molecule has 5 rings (SSSR count). The van der Waals surface area contributed by atoms with Gasteiger partial charge in [0.2, 0.25) is 10.0 Å². The summed E-state index contributed by atoms with van der Waals surface area (Å²) in [6.45, 7) is 0.804. The van der Waals surface area contributed by atoms with E-state index in [0.717, 1.165) is 5.56 Å². The number of methoxy groups -OCH3 is 1. The molecular weight excluding hydrogens is 468 g/mol. The molecule has 1 unspecified atom stereocenters. The summed E-state index contributed by atoms with van der Waals surface area (Å²) in [6, 6.07) is 20.4. The first-order valence-electron chi connectivity index (χ1n) is 11.2. The summed E-state index contributed by atoms with van der Waals surface area (Å²) in [5, 5.41) is 0. The highest BCUT2D eigenvalue weighted by molar-refractivity contribution is 7.89. The molecule has 2 heterocycles. The minimum absolute atomic E-state index is 0.00638. The van der Waals surface area contributed by atoms with Gasteiger partial charge in [0.25, 0.3) is 11.7 Å². The van der Waals surface area contributed by atoms with E-state index in [9.17, 15) is 18.0 Å². The van der Waals surface area contributed by atoms with Crippen molar-refractivity contribution in [1.82, 2.24) is 4.31 Å². The molecule has 0 aromatic heterocycles. The number of anilines is 1. The normalized spacial score (nSPS) is 17.7. The SMILES string of the molecule is COc1ccc(CN2C(=O)C(=O)c3cc(S(=O)(=O)N4CCC4COc4ccccc4)ccc32)cc1. The van der Waals surface area contributed by atoms with Gasteiger partial charge in [-0.05, 0) is 54.4 Å². The number of sulfonamides is 1. The maximum Gasteiger partial charge on any atom is 0.299 e. The van der Waals surface area contributed by atoms with E-state index in [1.807, 2.05) is 42.5 Å². The Kier molecular flexibility index (Phi) is 6.04. The number of carbonyl (C=O) groups is 2. The van der Waals surface area contributed by atoms with E-state index < -0.39 is 21.7 Å². The summed E-state index contributed by atoms with van der Waals surface area (Å²) in [4.78, 5) is 26.8. The van der Waals surface area contributed by atoms with Gasteiger partial charge in [0.15, 0.2) is 0 Å². The second kappa shape index (κ2) is 9.16. The standard InChI is InChI=1S/C26H24N2O6S/c1-33-20-9-7-18(8-10-20)16-27-24-12-11-22(15-23(24)25(29)26(27)30)35(31,32)28-14-13-19(28)17-34-21-5-3-2-4-6-21/h2-12,15,19H,13-14,16-17H2,1H3. The maximum absolute atomic E-state index is 13.3. The van der Waals surface area contributed by atoms with Gasteiger partial charge in [0.05, 0.1) is 35.8 Å². The van der Waals surface area contributed by atoms with Gasteiger partial charge >= 0.3 is 0 Å². The van der Waals surface area contributed by atoms with Crippen molar-refractivity contribution in [1.29, 1.82) is 0 Å². The van der Waals surface area contributed by atoms with Crippen LogP contribution < -0.4 is 14.4 Å². The zero-order valence-electron chi connectivity index (χ0n) is 19.1. The molecule has 8 nitrogen and oxygen atoms in total. The number of nitrogens with zero attached hydrogens (tertiary/aromatic N) is 2. The highest BCUT2D eigenvalue weighted by Crippen LogP contribution is 2.35. The number of para-hydroxylation sites is 1. The lowest BCUT2D eigenvalue weighted by Crippen LogP contribution is -2.53. The van der Waals surface area contributed by atoms with E-state index >= 15 is 0 Å². The fourth-order valence-electron chi connectivity index (χ4n) is 4.26. The highest BCUT2D eigenvalue weighted by Gasteiger charge is 2.41. The molecule has 35 heavy (non-hydrogen) atoms. The summed E-state index contributed by atoms with van der Waals surface area (Å²) >= 11 is 0. The predicted molar refractivity (Wildman–Crippen MR) is 129 cm³/mol. The summed E-state index contributed by atoms with van der Waals surface area (Å²) in [7, 11) is -2.28. The van der Waals surface area contributed by atoms with Crippen molar-refractivity contribution < 1.29 is 27.5 Å². The number of Topliss-reactive ketones (excluding diaryl/α,β-unsaturated/α-hetero) is 1. The van der Waals surface area contributed by atoms with Crippen molar-refractivity contribution >= 4 is 27.4 Å². The first-order valence-corrected chi connectivity index (χ1v) is 12.7. The number of amides is 1. The number of ether oxygens (including phenoxy) is 2. The first-order chi connectivity index (χ1) is 16.9. The molecule has 9 heteroatoms. The average molecular weight is 493 g/mol. The molecule has 2 aliphatic rings. The van der Waals surface area contributed by atoms with Gasteiger partial charge < -0.3 is 14.4 Å². The number of ketones is 1. The van der Waals surface area contributed by atoms with Crippen LogP contribution in [0.5, 0.6) is 11.5 Å². The molecule has 0 spiro atoms. The van der Waals surface area contributed by atoms with Crippen LogP contribution in [0.2, 0.25) is 0 Å². The lowest BCUT2D eigenvalue weighted by molar-refractivity contribution is -0.114. The van der Waals surface area contributed by atoms with Crippen LogP contribution >= 0.6 is 0 Å². The number of hydrogen-bond donors (Lipinski definition) is 0. The molecular formula is C26H24N2O6S. The van der Waals surface area contributed by atoms with Crippen molar-refractivity contribution in [3.8, 4) is 11.5 Å².